The molecule has 0 aromatic carbocycles. The van der Waals surface area contributed by atoms with E-state index in [1.165, 1.54) is 6.92 Å². The van der Waals surface area contributed by atoms with E-state index in [1.54, 1.807) is 0 Å². The third kappa shape index (κ3) is 1.05. The number of esters is 1. The fraction of sp³-hybridized carbons (Fsp3) is 0.429. The van der Waals surface area contributed by atoms with E-state index in [4.69, 9.17) is 0 Å². The molecular weight excluding hydrogens is 148 g/mol. The van der Waals surface area contributed by atoms with Gasteiger partial charge < -0.3 is 9.84 Å². The number of Topliss-reactive ketones (excluding diaryl/α,β-unsaturated/α-hetero) is 1. The first-order valence-electron chi connectivity index (χ1n) is 3.12. The molecule has 1 N–H and O–H groups in total. The van der Waals surface area contributed by atoms with Crippen molar-refractivity contribution in [1.82, 2.24) is 0 Å². The first-order valence-corrected chi connectivity index (χ1v) is 3.12. The van der Waals surface area contributed by atoms with E-state index in [0.717, 1.165) is 13.0 Å². The number of cyclic esters (lactones) is 1. The molecule has 0 aromatic heterocycles. The average Bonchev–Trinajstić information content (AvgIpc) is 2.08. The Morgan fingerprint density at radius 2 is 2.27 bits per heavy atom. The highest BCUT2D eigenvalue weighted by Gasteiger charge is 2.43. The summed E-state index contributed by atoms with van der Waals surface area (Å²) in [6.07, 6.45) is 1.10. The summed E-state index contributed by atoms with van der Waals surface area (Å²) in [5.41, 5.74) is 0.231. The summed E-state index contributed by atoms with van der Waals surface area (Å²) in [6, 6.07) is 0. The van der Waals surface area contributed by atoms with Crippen molar-refractivity contribution >= 4 is 11.8 Å². The van der Waals surface area contributed by atoms with Crippen molar-refractivity contribution < 1.29 is 19.4 Å². The second-order valence-corrected chi connectivity index (χ2v) is 2.45. The largest absolute Gasteiger partial charge is 0.418 e. The van der Waals surface area contributed by atoms with Gasteiger partial charge in [0.25, 0.3) is 5.79 Å². The zero-order valence-corrected chi connectivity index (χ0v) is 6.25. The summed E-state index contributed by atoms with van der Waals surface area (Å²) in [6.45, 7) is 2.63. The highest BCUT2D eigenvalue weighted by atomic mass is 16.7. The minimum atomic E-state index is -2.00. The van der Waals surface area contributed by atoms with E-state index >= 15 is 0 Å². The van der Waals surface area contributed by atoms with Crippen molar-refractivity contribution in [1.29, 1.82) is 0 Å². The van der Waals surface area contributed by atoms with Gasteiger partial charge in [0.2, 0.25) is 5.78 Å². The topological polar surface area (TPSA) is 63.6 Å². The molecule has 0 aromatic rings. The average molecular weight is 156 g/mol. The SMILES string of the molecule is CC(=O)C1(O)OC(=O)C=C1C. The Kier molecular flexibility index (Phi) is 1.56. The number of carbonyl (C=O) groups excluding carboxylic acids is 2. The quantitative estimate of drug-likeness (QED) is 0.532. The normalized spacial score (nSPS) is 29.7. The van der Waals surface area contributed by atoms with Crippen molar-refractivity contribution in [2.24, 2.45) is 0 Å². The summed E-state index contributed by atoms with van der Waals surface area (Å²) < 4.78 is 4.40. The third-order valence-corrected chi connectivity index (χ3v) is 1.59. The van der Waals surface area contributed by atoms with Gasteiger partial charge in [-0.15, -0.1) is 0 Å². The number of ether oxygens (including phenoxy) is 1. The molecule has 0 fully saturated rings. The molecule has 0 amide bonds. The molecule has 0 spiro atoms. The van der Waals surface area contributed by atoms with Gasteiger partial charge in [-0.3, -0.25) is 4.79 Å². The maximum atomic E-state index is 10.8. The lowest BCUT2D eigenvalue weighted by Gasteiger charge is -2.18. The van der Waals surface area contributed by atoms with Gasteiger partial charge in [0, 0.05) is 18.6 Å². The molecule has 1 rings (SSSR count). The molecule has 1 aliphatic heterocycles. The molecule has 0 radical (unpaired) electrons. The van der Waals surface area contributed by atoms with Crippen LogP contribution in [0.4, 0.5) is 0 Å². The van der Waals surface area contributed by atoms with Crippen molar-refractivity contribution in [3.05, 3.63) is 11.6 Å². The molecule has 4 nitrogen and oxygen atoms in total. The smallest absolute Gasteiger partial charge is 0.334 e. The van der Waals surface area contributed by atoms with Gasteiger partial charge in [-0.25, -0.2) is 4.79 Å². The molecule has 0 aliphatic carbocycles. The van der Waals surface area contributed by atoms with Gasteiger partial charge >= 0.3 is 5.97 Å². The Morgan fingerprint density at radius 3 is 2.45 bits per heavy atom. The van der Waals surface area contributed by atoms with Gasteiger partial charge in [-0.1, -0.05) is 0 Å². The van der Waals surface area contributed by atoms with Gasteiger partial charge in [0.05, 0.1) is 0 Å². The van der Waals surface area contributed by atoms with Crippen LogP contribution in [0.25, 0.3) is 0 Å². The van der Waals surface area contributed by atoms with Crippen LogP contribution in [-0.4, -0.2) is 22.6 Å². The van der Waals surface area contributed by atoms with Crippen molar-refractivity contribution in [2.45, 2.75) is 19.6 Å². The van der Waals surface area contributed by atoms with E-state index in [0.29, 0.717) is 0 Å². The highest BCUT2D eigenvalue weighted by Crippen LogP contribution is 2.25. The van der Waals surface area contributed by atoms with Crippen LogP contribution in [0.15, 0.2) is 11.6 Å². The lowest BCUT2D eigenvalue weighted by atomic mass is 10.1. The highest BCUT2D eigenvalue weighted by molar-refractivity contribution is 5.96. The monoisotopic (exact) mass is 156 g/mol. The third-order valence-electron chi connectivity index (χ3n) is 1.59. The standard InChI is InChI=1S/C7H8O4/c1-4-3-6(9)11-7(4,10)5(2)8/h3,10H,1-2H3. The van der Waals surface area contributed by atoms with E-state index in [1.807, 2.05) is 0 Å². The Bertz CT molecular complexity index is 253. The molecule has 1 unspecified atom stereocenters. The molecule has 1 atom stereocenters. The van der Waals surface area contributed by atoms with Crippen molar-refractivity contribution in [2.75, 3.05) is 0 Å². The molecule has 0 saturated heterocycles. The molecular formula is C7H8O4. The van der Waals surface area contributed by atoms with Gasteiger partial charge in [0.15, 0.2) is 0 Å². The van der Waals surface area contributed by atoms with Crippen LogP contribution >= 0.6 is 0 Å². The van der Waals surface area contributed by atoms with Crippen LogP contribution in [0.2, 0.25) is 0 Å². The number of aliphatic hydroxyl groups is 1. The second-order valence-electron chi connectivity index (χ2n) is 2.45. The van der Waals surface area contributed by atoms with Crippen molar-refractivity contribution in [3.8, 4) is 0 Å². The zero-order valence-electron chi connectivity index (χ0n) is 6.25. The predicted octanol–water partition coefficient (Wildman–Crippen LogP) is -0.233. The maximum Gasteiger partial charge on any atom is 0.334 e. The van der Waals surface area contributed by atoms with Gasteiger partial charge in [-0.05, 0) is 6.92 Å². The maximum absolute atomic E-state index is 10.8. The predicted molar refractivity (Wildman–Crippen MR) is 35.5 cm³/mol. The van der Waals surface area contributed by atoms with E-state index < -0.39 is 17.5 Å². The van der Waals surface area contributed by atoms with Crippen LogP contribution in [0, 0.1) is 0 Å². The summed E-state index contributed by atoms with van der Waals surface area (Å²) in [5, 5.41) is 9.35. The van der Waals surface area contributed by atoms with Crippen molar-refractivity contribution in [3.63, 3.8) is 0 Å². The first kappa shape index (κ1) is 7.94. The number of ketones is 1. The van der Waals surface area contributed by atoms with Crippen LogP contribution in [0.5, 0.6) is 0 Å². The lowest BCUT2D eigenvalue weighted by Crippen LogP contribution is -2.38. The van der Waals surface area contributed by atoms with Crippen LogP contribution in [-0.2, 0) is 14.3 Å². The number of hydrogen-bond donors (Lipinski definition) is 1. The molecule has 60 valence electrons. The summed E-state index contributed by atoms with van der Waals surface area (Å²) in [4.78, 5) is 21.3. The van der Waals surface area contributed by atoms with Gasteiger partial charge in [-0.2, -0.15) is 0 Å². The number of hydrogen-bond acceptors (Lipinski definition) is 4. The summed E-state index contributed by atoms with van der Waals surface area (Å²) in [7, 11) is 0. The van der Waals surface area contributed by atoms with Crippen LogP contribution < -0.4 is 0 Å². The Morgan fingerprint density at radius 1 is 1.73 bits per heavy atom. The van der Waals surface area contributed by atoms with Gasteiger partial charge in [0.1, 0.15) is 0 Å². The summed E-state index contributed by atoms with van der Waals surface area (Å²) in [5.74, 6) is -3.27. The minimum absolute atomic E-state index is 0.231. The summed E-state index contributed by atoms with van der Waals surface area (Å²) >= 11 is 0. The van der Waals surface area contributed by atoms with Crippen LogP contribution in [0.1, 0.15) is 13.8 Å². The fourth-order valence-corrected chi connectivity index (χ4v) is 0.880. The second kappa shape index (κ2) is 2.17. The number of carbonyl (C=O) groups is 2. The van der Waals surface area contributed by atoms with E-state index in [9.17, 15) is 14.7 Å². The Labute approximate surface area is 63.5 Å². The molecule has 4 heteroatoms. The zero-order chi connectivity index (χ0) is 8.65. The lowest BCUT2D eigenvalue weighted by molar-refractivity contribution is -0.187. The molecule has 0 saturated carbocycles. The Hall–Kier alpha value is -1.16. The first-order chi connectivity index (χ1) is 4.97. The minimum Gasteiger partial charge on any atom is -0.418 e. The van der Waals surface area contributed by atoms with E-state index in [2.05, 4.69) is 4.74 Å². The molecule has 1 aliphatic rings. The molecule has 0 bridgehead atoms. The fourth-order valence-electron chi connectivity index (χ4n) is 0.880. The Balaban J connectivity index is 3.01. The van der Waals surface area contributed by atoms with Crippen LogP contribution in [0.3, 0.4) is 0 Å². The number of rotatable bonds is 1. The van der Waals surface area contributed by atoms with E-state index in [-0.39, 0.29) is 5.57 Å². The molecule has 1 heterocycles. The molecule has 11 heavy (non-hydrogen) atoms.